The van der Waals surface area contributed by atoms with E-state index in [1.54, 1.807) is 30.7 Å². The van der Waals surface area contributed by atoms with Gasteiger partial charge in [0, 0.05) is 34.1 Å². The maximum atomic E-state index is 12.6. The monoisotopic (exact) mass is 375 g/mol. The van der Waals surface area contributed by atoms with Crippen molar-refractivity contribution in [3.8, 4) is 16.3 Å². The fourth-order valence-corrected chi connectivity index (χ4v) is 3.35. The minimum Gasteiger partial charge on any atom is -0.481 e. The lowest BCUT2D eigenvalue weighted by atomic mass is 10.2. The Morgan fingerprint density at radius 2 is 2.23 bits per heavy atom. The number of pyridine rings is 1. The summed E-state index contributed by atoms with van der Waals surface area (Å²) in [6.07, 6.45) is 3.61. The summed E-state index contributed by atoms with van der Waals surface area (Å²) in [7, 11) is 1.57. The summed E-state index contributed by atoms with van der Waals surface area (Å²) in [6.45, 7) is 0.483. The number of hydrogen-bond donors (Lipinski definition) is 1. The number of aromatic nitrogens is 4. The number of nitrogens with two attached hydrogens (primary N) is 1. The van der Waals surface area contributed by atoms with Gasteiger partial charge in [0.1, 0.15) is 6.33 Å². The number of thiophene rings is 1. The standard InChI is InChI=1S/C17H18FN5O2S/c1-25-16-5-2-13(8-20-16)15-4-3-14(26-15)10-22-11-21-23(17(22)24)9-12(6-18)7-19/h2-6,8,11H,7,9-10,19H2,1H3/b12-6+. The molecule has 26 heavy (non-hydrogen) atoms. The fraction of sp³-hybridized carbons (Fsp3) is 0.235. The number of halogens is 1. The number of methoxy groups -OCH3 is 1. The van der Waals surface area contributed by atoms with Gasteiger partial charge in [0.2, 0.25) is 5.88 Å². The molecule has 0 bridgehead atoms. The van der Waals surface area contributed by atoms with E-state index in [9.17, 15) is 9.18 Å². The van der Waals surface area contributed by atoms with Crippen LogP contribution >= 0.6 is 11.3 Å². The third kappa shape index (κ3) is 3.89. The van der Waals surface area contributed by atoms with Gasteiger partial charge in [-0.05, 0) is 23.8 Å². The maximum absolute atomic E-state index is 12.6. The second-order valence-electron chi connectivity index (χ2n) is 5.53. The van der Waals surface area contributed by atoms with E-state index in [4.69, 9.17) is 10.5 Å². The van der Waals surface area contributed by atoms with Crippen LogP contribution in [0.15, 0.2) is 53.5 Å². The van der Waals surface area contributed by atoms with Crippen molar-refractivity contribution in [3.63, 3.8) is 0 Å². The molecule has 0 aliphatic heterocycles. The SMILES string of the molecule is COc1ccc(-c2ccc(Cn3cnn(C/C(=C/F)CN)c3=O)s2)cn1. The first-order chi connectivity index (χ1) is 12.6. The summed E-state index contributed by atoms with van der Waals surface area (Å²) in [6, 6.07) is 7.68. The first-order valence-electron chi connectivity index (χ1n) is 7.84. The number of hydrogen-bond acceptors (Lipinski definition) is 6. The van der Waals surface area contributed by atoms with Crippen LogP contribution in [0.2, 0.25) is 0 Å². The Morgan fingerprint density at radius 1 is 1.38 bits per heavy atom. The Morgan fingerprint density at radius 3 is 2.88 bits per heavy atom. The minimum atomic E-state index is -0.307. The largest absolute Gasteiger partial charge is 0.481 e. The summed E-state index contributed by atoms with van der Waals surface area (Å²) in [5.74, 6) is 0.559. The summed E-state index contributed by atoms with van der Waals surface area (Å²) in [4.78, 5) is 18.6. The highest BCUT2D eigenvalue weighted by atomic mass is 32.1. The van der Waals surface area contributed by atoms with Crippen LogP contribution in [0.25, 0.3) is 10.4 Å². The molecule has 3 rings (SSSR count). The molecule has 7 nitrogen and oxygen atoms in total. The van der Waals surface area contributed by atoms with Gasteiger partial charge in [-0.3, -0.25) is 4.57 Å². The van der Waals surface area contributed by atoms with Crippen molar-refractivity contribution in [2.24, 2.45) is 5.73 Å². The Kier molecular flexibility index (Phi) is 5.59. The van der Waals surface area contributed by atoms with Gasteiger partial charge >= 0.3 is 5.69 Å². The first-order valence-corrected chi connectivity index (χ1v) is 8.65. The summed E-state index contributed by atoms with van der Waals surface area (Å²) in [5, 5.41) is 4.02. The smallest absolute Gasteiger partial charge is 0.346 e. The van der Waals surface area contributed by atoms with Gasteiger partial charge in [-0.15, -0.1) is 11.3 Å². The van der Waals surface area contributed by atoms with Gasteiger partial charge in [-0.25, -0.2) is 18.9 Å². The third-order valence-corrected chi connectivity index (χ3v) is 4.90. The van der Waals surface area contributed by atoms with E-state index in [-0.39, 0.29) is 18.8 Å². The van der Waals surface area contributed by atoms with E-state index in [1.165, 1.54) is 15.6 Å². The highest BCUT2D eigenvalue weighted by Crippen LogP contribution is 2.28. The van der Waals surface area contributed by atoms with Crippen molar-refractivity contribution in [2.75, 3.05) is 13.7 Å². The van der Waals surface area contributed by atoms with Crippen LogP contribution in [0.5, 0.6) is 5.88 Å². The molecule has 3 aromatic rings. The second-order valence-corrected chi connectivity index (χ2v) is 6.69. The lowest BCUT2D eigenvalue weighted by Gasteiger charge is -2.01. The predicted octanol–water partition coefficient (Wildman–Crippen LogP) is 2.04. The normalized spacial score (nSPS) is 11.7. The Bertz CT molecular complexity index is 958. The van der Waals surface area contributed by atoms with Gasteiger partial charge in [-0.2, -0.15) is 5.10 Å². The van der Waals surface area contributed by atoms with E-state index in [1.807, 2.05) is 18.2 Å². The summed E-state index contributed by atoms with van der Waals surface area (Å²) in [5.41, 5.74) is 6.40. The van der Waals surface area contributed by atoms with Gasteiger partial charge in [0.15, 0.2) is 0 Å². The second kappa shape index (κ2) is 8.07. The molecule has 0 aromatic carbocycles. The quantitative estimate of drug-likeness (QED) is 0.683. The lowest BCUT2D eigenvalue weighted by Crippen LogP contribution is -2.26. The Balaban J connectivity index is 1.75. The average molecular weight is 375 g/mol. The van der Waals surface area contributed by atoms with E-state index >= 15 is 0 Å². The van der Waals surface area contributed by atoms with Crippen LogP contribution in [0, 0.1) is 0 Å². The van der Waals surface area contributed by atoms with Crippen LogP contribution in [0.3, 0.4) is 0 Å². The van der Waals surface area contributed by atoms with Crippen LogP contribution in [0.4, 0.5) is 4.39 Å². The zero-order valence-corrected chi connectivity index (χ0v) is 14.9. The van der Waals surface area contributed by atoms with Gasteiger partial charge in [0.05, 0.1) is 26.5 Å². The van der Waals surface area contributed by atoms with Gasteiger partial charge < -0.3 is 10.5 Å². The molecular weight excluding hydrogens is 357 g/mol. The van der Waals surface area contributed by atoms with Crippen molar-refractivity contribution in [2.45, 2.75) is 13.1 Å². The van der Waals surface area contributed by atoms with Crippen molar-refractivity contribution < 1.29 is 9.13 Å². The fourth-order valence-electron chi connectivity index (χ4n) is 2.36. The number of nitrogens with zero attached hydrogens (tertiary/aromatic N) is 4. The molecule has 0 amide bonds. The average Bonchev–Trinajstić information content (AvgIpc) is 3.28. The molecule has 136 valence electrons. The molecule has 0 radical (unpaired) electrons. The highest BCUT2D eigenvalue weighted by Gasteiger charge is 2.10. The Hall–Kier alpha value is -2.78. The molecule has 0 spiro atoms. The molecular formula is C17H18FN5O2S. The highest BCUT2D eigenvalue weighted by molar-refractivity contribution is 7.15. The van der Waals surface area contributed by atoms with Crippen molar-refractivity contribution >= 4 is 11.3 Å². The van der Waals surface area contributed by atoms with E-state index < -0.39 is 0 Å². The molecule has 3 aromatic heterocycles. The topological polar surface area (TPSA) is 88.0 Å². The zero-order chi connectivity index (χ0) is 18.5. The van der Waals surface area contributed by atoms with Crippen LogP contribution in [-0.2, 0) is 13.1 Å². The maximum Gasteiger partial charge on any atom is 0.346 e. The molecule has 0 aliphatic carbocycles. The summed E-state index contributed by atoms with van der Waals surface area (Å²) < 4.78 is 20.4. The predicted molar refractivity (Wildman–Crippen MR) is 97.9 cm³/mol. The van der Waals surface area contributed by atoms with Crippen molar-refractivity contribution in [1.82, 2.24) is 19.3 Å². The molecule has 0 atom stereocenters. The molecule has 0 aliphatic rings. The van der Waals surface area contributed by atoms with Gasteiger partial charge in [0.25, 0.3) is 0 Å². The van der Waals surface area contributed by atoms with Gasteiger partial charge in [-0.1, -0.05) is 0 Å². The van der Waals surface area contributed by atoms with Crippen LogP contribution in [0.1, 0.15) is 4.88 Å². The summed E-state index contributed by atoms with van der Waals surface area (Å²) >= 11 is 1.57. The lowest BCUT2D eigenvalue weighted by molar-refractivity contribution is 0.398. The molecule has 3 heterocycles. The number of rotatable bonds is 7. The molecule has 0 fully saturated rings. The van der Waals surface area contributed by atoms with E-state index in [2.05, 4.69) is 10.1 Å². The van der Waals surface area contributed by atoms with E-state index in [0.717, 1.165) is 15.3 Å². The van der Waals surface area contributed by atoms with E-state index in [0.29, 0.717) is 24.3 Å². The molecule has 0 unspecified atom stereocenters. The van der Waals surface area contributed by atoms with Crippen LogP contribution < -0.4 is 16.2 Å². The van der Waals surface area contributed by atoms with Crippen molar-refractivity contribution in [3.05, 3.63) is 64.1 Å². The molecule has 0 saturated carbocycles. The third-order valence-electron chi connectivity index (χ3n) is 3.78. The molecule has 9 heteroatoms. The zero-order valence-electron chi connectivity index (χ0n) is 14.1. The minimum absolute atomic E-state index is 0.0416. The first kappa shape index (κ1) is 18.0. The van der Waals surface area contributed by atoms with Crippen LogP contribution in [-0.4, -0.2) is 33.0 Å². The Labute approximate surface area is 153 Å². The van der Waals surface area contributed by atoms with Crippen molar-refractivity contribution in [1.29, 1.82) is 0 Å². The molecule has 0 saturated heterocycles. The number of ether oxygens (including phenoxy) is 1. The molecule has 2 N–H and O–H groups in total.